The van der Waals surface area contributed by atoms with E-state index in [1.165, 1.54) is 13.2 Å². The zero-order chi connectivity index (χ0) is 15.6. The molecule has 0 bridgehead atoms. The normalized spacial score (nSPS) is 10.2. The van der Waals surface area contributed by atoms with Crippen LogP contribution < -0.4 is 4.74 Å². The van der Waals surface area contributed by atoms with Crippen molar-refractivity contribution >= 4 is 11.5 Å². The van der Waals surface area contributed by atoms with Crippen molar-refractivity contribution in [2.75, 3.05) is 7.11 Å². The fraction of sp³-hybridized carbons (Fsp3) is 0.188. The number of hydrogen-bond donors (Lipinski definition) is 0. The van der Waals surface area contributed by atoms with Gasteiger partial charge in [0.15, 0.2) is 5.78 Å². The van der Waals surface area contributed by atoms with Gasteiger partial charge in [-0.05, 0) is 19.4 Å². The quantitative estimate of drug-likeness (QED) is 0.490. The summed E-state index contributed by atoms with van der Waals surface area (Å²) in [7, 11) is 1.41. The molecule has 0 N–H and O–H groups in total. The third-order valence-electron chi connectivity index (χ3n) is 3.36. The number of ketones is 1. The molecule has 0 aromatic heterocycles. The molecule has 0 unspecified atom stereocenters. The number of nitrogens with zero attached hydrogens (tertiary/aromatic N) is 1. The van der Waals surface area contributed by atoms with Crippen molar-refractivity contribution < 1.29 is 14.5 Å². The number of nitro groups is 1. The van der Waals surface area contributed by atoms with E-state index < -0.39 is 4.92 Å². The molecule has 0 heterocycles. The van der Waals surface area contributed by atoms with Crippen LogP contribution in [0.3, 0.4) is 0 Å². The van der Waals surface area contributed by atoms with E-state index in [4.69, 9.17) is 4.74 Å². The third kappa shape index (κ3) is 2.63. The number of carbonyl (C=O) groups excluding carboxylic acids is 1. The lowest BCUT2D eigenvalue weighted by Gasteiger charge is -2.14. The van der Waals surface area contributed by atoms with Crippen molar-refractivity contribution in [1.82, 2.24) is 0 Å². The molecule has 0 aliphatic carbocycles. The van der Waals surface area contributed by atoms with Crippen LogP contribution >= 0.6 is 0 Å². The summed E-state index contributed by atoms with van der Waals surface area (Å²) in [6, 6.07) is 10.2. The Morgan fingerprint density at radius 3 is 2.33 bits per heavy atom. The van der Waals surface area contributed by atoms with Crippen LogP contribution in [0.15, 0.2) is 36.4 Å². The van der Waals surface area contributed by atoms with Gasteiger partial charge in [0.1, 0.15) is 5.75 Å². The average molecular weight is 285 g/mol. The Labute approximate surface area is 122 Å². The molecule has 0 aliphatic rings. The third-order valence-corrected chi connectivity index (χ3v) is 3.36. The van der Waals surface area contributed by atoms with Gasteiger partial charge in [0, 0.05) is 11.6 Å². The number of methoxy groups -OCH3 is 1. The minimum absolute atomic E-state index is 0.0473. The number of aryl methyl sites for hydroxylation is 1. The standard InChI is InChI=1S/C16H15NO4/c1-10-9-13(17(19)20)11(2)16(21-3)14(10)15(18)12-7-5-4-6-8-12/h4-9H,1-3H3. The van der Waals surface area contributed by atoms with E-state index in [1.807, 2.05) is 6.07 Å². The summed E-state index contributed by atoms with van der Waals surface area (Å²) < 4.78 is 5.27. The average Bonchev–Trinajstić information content (AvgIpc) is 2.48. The Morgan fingerprint density at radius 2 is 1.81 bits per heavy atom. The summed E-state index contributed by atoms with van der Waals surface area (Å²) in [4.78, 5) is 23.2. The summed E-state index contributed by atoms with van der Waals surface area (Å²) in [6.07, 6.45) is 0. The number of hydrogen-bond acceptors (Lipinski definition) is 4. The molecular weight excluding hydrogens is 270 g/mol. The van der Waals surface area contributed by atoms with Crippen LogP contribution in [-0.2, 0) is 0 Å². The molecule has 0 aliphatic heterocycles. The SMILES string of the molecule is COc1c(C)c([N+](=O)[O-])cc(C)c1C(=O)c1ccccc1. The Morgan fingerprint density at radius 1 is 1.19 bits per heavy atom. The van der Waals surface area contributed by atoms with E-state index in [0.717, 1.165) is 0 Å². The van der Waals surface area contributed by atoms with Crippen molar-refractivity contribution in [2.24, 2.45) is 0 Å². The van der Waals surface area contributed by atoms with Gasteiger partial charge in [-0.25, -0.2) is 0 Å². The summed E-state index contributed by atoms with van der Waals surface area (Å²) in [6.45, 7) is 3.25. The Hall–Kier alpha value is -2.69. The maximum atomic E-state index is 12.6. The molecule has 5 heteroatoms. The van der Waals surface area contributed by atoms with Crippen LogP contribution in [0.4, 0.5) is 5.69 Å². The fourth-order valence-electron chi connectivity index (χ4n) is 2.33. The Kier molecular flexibility index (Phi) is 4.03. The highest BCUT2D eigenvalue weighted by molar-refractivity contribution is 6.12. The fourth-order valence-corrected chi connectivity index (χ4v) is 2.33. The van der Waals surface area contributed by atoms with Crippen molar-refractivity contribution in [3.63, 3.8) is 0 Å². The second-order valence-corrected chi connectivity index (χ2v) is 4.70. The number of nitro benzene ring substituents is 1. The molecule has 0 atom stereocenters. The van der Waals surface area contributed by atoms with Crippen LogP contribution in [0.5, 0.6) is 5.75 Å². The van der Waals surface area contributed by atoms with Crippen LogP contribution in [0.2, 0.25) is 0 Å². The number of carbonyl (C=O) groups is 1. The van der Waals surface area contributed by atoms with Crippen LogP contribution in [-0.4, -0.2) is 17.8 Å². The lowest BCUT2D eigenvalue weighted by atomic mass is 9.95. The van der Waals surface area contributed by atoms with Crippen molar-refractivity contribution in [2.45, 2.75) is 13.8 Å². The van der Waals surface area contributed by atoms with Crippen LogP contribution in [0.25, 0.3) is 0 Å². The van der Waals surface area contributed by atoms with Gasteiger partial charge in [0.2, 0.25) is 0 Å². The number of rotatable bonds is 4. The van der Waals surface area contributed by atoms with E-state index in [-0.39, 0.29) is 17.2 Å². The highest BCUT2D eigenvalue weighted by Gasteiger charge is 2.25. The zero-order valence-corrected chi connectivity index (χ0v) is 12.0. The summed E-state index contributed by atoms with van der Waals surface area (Å²) in [5.74, 6) is 0.0542. The van der Waals surface area contributed by atoms with Gasteiger partial charge in [-0.15, -0.1) is 0 Å². The molecule has 0 spiro atoms. The molecule has 0 fully saturated rings. The van der Waals surface area contributed by atoms with Gasteiger partial charge in [0.05, 0.1) is 23.2 Å². The Bertz CT molecular complexity index is 708. The molecule has 2 aromatic carbocycles. The first-order valence-corrected chi connectivity index (χ1v) is 6.39. The molecule has 21 heavy (non-hydrogen) atoms. The molecule has 2 rings (SSSR count). The molecule has 0 radical (unpaired) electrons. The molecule has 108 valence electrons. The van der Waals surface area contributed by atoms with Crippen LogP contribution in [0.1, 0.15) is 27.0 Å². The monoisotopic (exact) mass is 285 g/mol. The summed E-state index contributed by atoms with van der Waals surface area (Å²) in [5, 5.41) is 11.1. The number of benzene rings is 2. The van der Waals surface area contributed by atoms with Crippen molar-refractivity contribution in [1.29, 1.82) is 0 Å². The van der Waals surface area contributed by atoms with Gasteiger partial charge in [-0.1, -0.05) is 30.3 Å². The lowest BCUT2D eigenvalue weighted by Crippen LogP contribution is -2.09. The van der Waals surface area contributed by atoms with Gasteiger partial charge in [0.25, 0.3) is 5.69 Å². The smallest absolute Gasteiger partial charge is 0.276 e. The largest absolute Gasteiger partial charge is 0.495 e. The lowest BCUT2D eigenvalue weighted by molar-refractivity contribution is -0.385. The molecule has 0 amide bonds. The van der Waals surface area contributed by atoms with E-state index in [9.17, 15) is 14.9 Å². The highest BCUT2D eigenvalue weighted by Crippen LogP contribution is 2.35. The first-order chi connectivity index (χ1) is 9.97. The molecule has 5 nitrogen and oxygen atoms in total. The predicted octanol–water partition coefficient (Wildman–Crippen LogP) is 3.45. The van der Waals surface area contributed by atoms with Crippen LogP contribution in [0, 0.1) is 24.0 Å². The first-order valence-electron chi connectivity index (χ1n) is 6.39. The maximum absolute atomic E-state index is 12.6. The van der Waals surface area contributed by atoms with E-state index in [0.29, 0.717) is 22.3 Å². The molecule has 0 saturated carbocycles. The van der Waals surface area contributed by atoms with Gasteiger partial charge < -0.3 is 4.74 Å². The Balaban J connectivity index is 2.67. The van der Waals surface area contributed by atoms with Crippen molar-refractivity contribution in [3.8, 4) is 5.75 Å². The molecular formula is C16H15NO4. The van der Waals surface area contributed by atoms with E-state index in [2.05, 4.69) is 0 Å². The maximum Gasteiger partial charge on any atom is 0.276 e. The summed E-state index contributed by atoms with van der Waals surface area (Å²) >= 11 is 0. The van der Waals surface area contributed by atoms with E-state index in [1.54, 1.807) is 38.1 Å². The molecule has 0 saturated heterocycles. The second kappa shape index (κ2) is 5.75. The first kappa shape index (κ1) is 14.7. The summed E-state index contributed by atoms with van der Waals surface area (Å²) in [5.41, 5.74) is 1.72. The predicted molar refractivity (Wildman–Crippen MR) is 79.0 cm³/mol. The van der Waals surface area contributed by atoms with Crippen molar-refractivity contribution in [3.05, 3.63) is 68.8 Å². The second-order valence-electron chi connectivity index (χ2n) is 4.70. The zero-order valence-electron chi connectivity index (χ0n) is 12.0. The number of ether oxygens (including phenoxy) is 1. The molecule has 2 aromatic rings. The van der Waals surface area contributed by atoms with E-state index >= 15 is 0 Å². The van der Waals surface area contributed by atoms with Gasteiger partial charge >= 0.3 is 0 Å². The minimum Gasteiger partial charge on any atom is -0.495 e. The highest BCUT2D eigenvalue weighted by atomic mass is 16.6. The minimum atomic E-state index is -0.471. The topological polar surface area (TPSA) is 69.4 Å². The van der Waals surface area contributed by atoms with Gasteiger partial charge in [-0.3, -0.25) is 14.9 Å². The van der Waals surface area contributed by atoms with Gasteiger partial charge in [-0.2, -0.15) is 0 Å².